The van der Waals surface area contributed by atoms with Crippen molar-refractivity contribution in [3.8, 4) is 0 Å². The van der Waals surface area contributed by atoms with Gasteiger partial charge in [0.15, 0.2) is 0 Å². The summed E-state index contributed by atoms with van der Waals surface area (Å²) in [6.07, 6.45) is 3.53. The first-order valence-corrected chi connectivity index (χ1v) is 7.20. The monoisotopic (exact) mass is 297 g/mol. The van der Waals surface area contributed by atoms with Gasteiger partial charge in [0.25, 0.3) is 0 Å². The van der Waals surface area contributed by atoms with Gasteiger partial charge in [0.05, 0.1) is 5.56 Å². The maximum atomic E-state index is 12.2. The van der Waals surface area contributed by atoms with E-state index in [0.29, 0.717) is 10.7 Å². The molecule has 4 nitrogen and oxygen atoms in total. The molecule has 5 heteroatoms. The molecule has 0 saturated heterocycles. The van der Waals surface area contributed by atoms with Gasteiger partial charge in [-0.3, -0.25) is 4.79 Å². The van der Waals surface area contributed by atoms with Crippen LogP contribution in [0.5, 0.6) is 0 Å². The second-order valence-electron chi connectivity index (χ2n) is 4.80. The van der Waals surface area contributed by atoms with E-state index in [4.69, 9.17) is 16.7 Å². The smallest absolute Gasteiger partial charge is 0.335 e. The number of hydrogen-bond acceptors (Lipinski definition) is 2. The van der Waals surface area contributed by atoms with Crippen LogP contribution in [-0.4, -0.2) is 17.0 Å². The number of aromatic carboxylic acids is 1. The van der Waals surface area contributed by atoms with Gasteiger partial charge in [0.2, 0.25) is 5.91 Å². The van der Waals surface area contributed by atoms with Crippen molar-refractivity contribution in [2.24, 2.45) is 5.92 Å². The minimum atomic E-state index is -1.07. The molecule has 0 aliphatic carbocycles. The van der Waals surface area contributed by atoms with Crippen LogP contribution in [0.2, 0.25) is 5.02 Å². The molecule has 0 spiro atoms. The Morgan fingerprint density at radius 3 is 2.30 bits per heavy atom. The van der Waals surface area contributed by atoms with E-state index >= 15 is 0 Å². The van der Waals surface area contributed by atoms with Gasteiger partial charge >= 0.3 is 5.97 Å². The molecular weight excluding hydrogens is 278 g/mol. The van der Waals surface area contributed by atoms with Crippen molar-refractivity contribution in [1.82, 2.24) is 0 Å². The molecular formula is C15H20ClNO3. The maximum Gasteiger partial charge on any atom is 0.335 e. The van der Waals surface area contributed by atoms with Gasteiger partial charge < -0.3 is 10.4 Å². The SMILES string of the molecule is CCCC(CCC)C(=O)Nc1cc(Cl)cc(C(=O)O)c1. The Hall–Kier alpha value is -1.55. The fourth-order valence-corrected chi connectivity index (χ4v) is 2.37. The quantitative estimate of drug-likeness (QED) is 0.793. The van der Waals surface area contributed by atoms with Gasteiger partial charge in [-0.25, -0.2) is 4.79 Å². The number of benzene rings is 1. The lowest BCUT2D eigenvalue weighted by atomic mass is 9.97. The van der Waals surface area contributed by atoms with Gasteiger partial charge in [-0.15, -0.1) is 0 Å². The van der Waals surface area contributed by atoms with Crippen LogP contribution in [-0.2, 0) is 4.79 Å². The van der Waals surface area contributed by atoms with Gasteiger partial charge in [0, 0.05) is 16.6 Å². The lowest BCUT2D eigenvalue weighted by Gasteiger charge is -2.15. The number of nitrogens with one attached hydrogen (secondary N) is 1. The molecule has 0 aliphatic heterocycles. The van der Waals surface area contributed by atoms with E-state index in [1.165, 1.54) is 12.1 Å². The first-order valence-electron chi connectivity index (χ1n) is 6.82. The summed E-state index contributed by atoms with van der Waals surface area (Å²) < 4.78 is 0. The van der Waals surface area contributed by atoms with Crippen LogP contribution in [0.25, 0.3) is 0 Å². The molecule has 2 N–H and O–H groups in total. The van der Waals surface area contributed by atoms with Crippen molar-refractivity contribution in [2.75, 3.05) is 5.32 Å². The first-order chi connectivity index (χ1) is 9.47. The number of carbonyl (C=O) groups excluding carboxylic acids is 1. The van der Waals surface area contributed by atoms with E-state index in [2.05, 4.69) is 5.32 Å². The highest BCUT2D eigenvalue weighted by atomic mass is 35.5. The number of amides is 1. The maximum absolute atomic E-state index is 12.2. The topological polar surface area (TPSA) is 66.4 Å². The lowest BCUT2D eigenvalue weighted by Crippen LogP contribution is -2.22. The second kappa shape index (κ2) is 7.90. The molecule has 0 aliphatic rings. The van der Waals surface area contributed by atoms with Crippen LogP contribution in [0.3, 0.4) is 0 Å². The Morgan fingerprint density at radius 2 is 1.80 bits per heavy atom. The predicted octanol–water partition coefficient (Wildman–Crippen LogP) is 4.19. The Bertz CT molecular complexity index is 482. The molecule has 1 aromatic rings. The van der Waals surface area contributed by atoms with Crippen LogP contribution in [0.15, 0.2) is 18.2 Å². The summed E-state index contributed by atoms with van der Waals surface area (Å²) in [7, 11) is 0. The van der Waals surface area contributed by atoms with E-state index in [0.717, 1.165) is 25.7 Å². The highest BCUT2D eigenvalue weighted by Crippen LogP contribution is 2.21. The minimum Gasteiger partial charge on any atom is -0.478 e. The summed E-state index contributed by atoms with van der Waals surface area (Å²) >= 11 is 5.86. The molecule has 0 saturated carbocycles. The van der Waals surface area contributed by atoms with Crippen molar-refractivity contribution in [1.29, 1.82) is 0 Å². The zero-order chi connectivity index (χ0) is 15.1. The van der Waals surface area contributed by atoms with Crippen molar-refractivity contribution in [3.05, 3.63) is 28.8 Å². The first kappa shape index (κ1) is 16.5. The van der Waals surface area contributed by atoms with E-state index in [9.17, 15) is 9.59 Å². The normalized spacial score (nSPS) is 10.6. The van der Waals surface area contributed by atoms with Crippen LogP contribution in [0.1, 0.15) is 49.9 Å². The summed E-state index contributed by atoms with van der Waals surface area (Å²) in [5.41, 5.74) is 0.493. The second-order valence-corrected chi connectivity index (χ2v) is 5.23. The Morgan fingerprint density at radius 1 is 1.20 bits per heavy atom. The zero-order valence-electron chi connectivity index (χ0n) is 11.8. The lowest BCUT2D eigenvalue weighted by molar-refractivity contribution is -0.120. The standard InChI is InChI=1S/C15H20ClNO3/c1-3-5-10(6-4-2)14(18)17-13-8-11(15(19)20)7-12(16)9-13/h7-10H,3-6H2,1-2H3,(H,17,18)(H,19,20). The van der Waals surface area contributed by atoms with E-state index in [1.54, 1.807) is 6.07 Å². The molecule has 0 radical (unpaired) electrons. The molecule has 0 atom stereocenters. The molecule has 1 aromatic carbocycles. The number of halogens is 1. The van der Waals surface area contributed by atoms with Crippen molar-refractivity contribution >= 4 is 29.2 Å². The van der Waals surface area contributed by atoms with E-state index in [-0.39, 0.29) is 17.4 Å². The van der Waals surface area contributed by atoms with Gasteiger partial charge in [-0.2, -0.15) is 0 Å². The number of carbonyl (C=O) groups is 2. The molecule has 1 rings (SSSR count). The highest BCUT2D eigenvalue weighted by Gasteiger charge is 2.17. The van der Waals surface area contributed by atoms with Gasteiger partial charge in [-0.1, -0.05) is 38.3 Å². The highest BCUT2D eigenvalue weighted by molar-refractivity contribution is 6.31. The molecule has 0 bridgehead atoms. The number of carboxylic acids is 1. The minimum absolute atomic E-state index is 0.0442. The van der Waals surface area contributed by atoms with Crippen LogP contribution >= 0.6 is 11.6 Å². The largest absolute Gasteiger partial charge is 0.478 e. The Balaban J connectivity index is 2.85. The Labute approximate surface area is 124 Å². The zero-order valence-corrected chi connectivity index (χ0v) is 12.5. The summed E-state index contributed by atoms with van der Waals surface area (Å²) in [4.78, 5) is 23.1. The van der Waals surface area contributed by atoms with Gasteiger partial charge in [0.1, 0.15) is 0 Å². The van der Waals surface area contributed by atoms with Crippen LogP contribution < -0.4 is 5.32 Å². The molecule has 20 heavy (non-hydrogen) atoms. The number of hydrogen-bond donors (Lipinski definition) is 2. The predicted molar refractivity (Wildman–Crippen MR) is 80.3 cm³/mol. The molecule has 1 amide bonds. The molecule has 0 heterocycles. The van der Waals surface area contributed by atoms with Crippen LogP contribution in [0.4, 0.5) is 5.69 Å². The summed E-state index contributed by atoms with van der Waals surface area (Å²) in [5.74, 6) is -1.19. The third-order valence-electron chi connectivity index (χ3n) is 3.06. The van der Waals surface area contributed by atoms with Crippen molar-refractivity contribution < 1.29 is 14.7 Å². The van der Waals surface area contributed by atoms with Crippen molar-refractivity contribution in [2.45, 2.75) is 39.5 Å². The number of anilines is 1. The summed E-state index contributed by atoms with van der Waals surface area (Å²) in [6.45, 7) is 4.08. The van der Waals surface area contributed by atoms with Crippen LogP contribution in [0, 0.1) is 5.92 Å². The fourth-order valence-electron chi connectivity index (χ4n) is 2.13. The third kappa shape index (κ3) is 4.85. The molecule has 0 unspecified atom stereocenters. The third-order valence-corrected chi connectivity index (χ3v) is 3.28. The van der Waals surface area contributed by atoms with E-state index in [1.807, 2.05) is 13.8 Å². The average molecular weight is 298 g/mol. The van der Waals surface area contributed by atoms with Gasteiger partial charge in [-0.05, 0) is 31.0 Å². The summed E-state index contributed by atoms with van der Waals surface area (Å²) in [5, 5.41) is 12.0. The molecule has 0 fully saturated rings. The van der Waals surface area contributed by atoms with Crippen molar-refractivity contribution in [3.63, 3.8) is 0 Å². The average Bonchev–Trinajstić information content (AvgIpc) is 2.37. The number of carboxylic acid groups (broad SMARTS) is 1. The Kier molecular flexibility index (Phi) is 6.52. The van der Waals surface area contributed by atoms with E-state index < -0.39 is 5.97 Å². The molecule has 110 valence electrons. The summed E-state index contributed by atoms with van der Waals surface area (Å²) in [6, 6.07) is 4.33. The molecule has 0 aromatic heterocycles. The fraction of sp³-hybridized carbons (Fsp3) is 0.467. The number of rotatable bonds is 7.